The Labute approximate surface area is 129 Å². The van der Waals surface area contributed by atoms with E-state index in [0.717, 1.165) is 5.56 Å². The van der Waals surface area contributed by atoms with Gasteiger partial charge < -0.3 is 16.0 Å². The Kier molecular flexibility index (Phi) is 4.41. The van der Waals surface area contributed by atoms with Crippen LogP contribution in [0.15, 0.2) is 18.2 Å². The van der Waals surface area contributed by atoms with Crippen molar-refractivity contribution in [3.8, 4) is 0 Å². The second kappa shape index (κ2) is 5.96. The van der Waals surface area contributed by atoms with E-state index in [1.54, 1.807) is 18.2 Å². The normalized spacial score (nSPS) is 19.6. The molecule has 1 unspecified atom stereocenters. The van der Waals surface area contributed by atoms with Crippen LogP contribution in [0.1, 0.15) is 12.0 Å². The second-order valence-electron chi connectivity index (χ2n) is 5.52. The molecule has 0 bridgehead atoms. The van der Waals surface area contributed by atoms with Crippen molar-refractivity contribution in [1.82, 2.24) is 4.90 Å². The van der Waals surface area contributed by atoms with Gasteiger partial charge in [0, 0.05) is 13.1 Å². The first-order valence-electron chi connectivity index (χ1n) is 6.84. The predicted molar refractivity (Wildman–Crippen MR) is 84.0 cm³/mol. The molecule has 0 radical (unpaired) electrons. The van der Waals surface area contributed by atoms with E-state index in [-0.39, 0.29) is 11.5 Å². The Balaban J connectivity index is 2.04. The number of sulfone groups is 1. The zero-order valence-electron chi connectivity index (χ0n) is 12.5. The highest BCUT2D eigenvalue weighted by atomic mass is 32.2. The molecule has 1 aromatic rings. The first-order valence-corrected chi connectivity index (χ1v) is 8.66. The molecule has 1 aliphatic heterocycles. The Hall–Kier alpha value is -2.09. The fraction of sp³-hybridized carbons (Fsp3) is 0.429. The predicted octanol–water partition coefficient (Wildman–Crippen LogP) is 0.161. The van der Waals surface area contributed by atoms with E-state index in [1.165, 1.54) is 11.9 Å². The first kappa shape index (κ1) is 16.3. The van der Waals surface area contributed by atoms with E-state index in [4.69, 9.17) is 5.73 Å². The van der Waals surface area contributed by atoms with Gasteiger partial charge in [-0.1, -0.05) is 6.07 Å². The van der Waals surface area contributed by atoms with Crippen molar-refractivity contribution in [3.63, 3.8) is 0 Å². The number of nitrogens with two attached hydrogens (primary N) is 1. The van der Waals surface area contributed by atoms with Gasteiger partial charge in [0.15, 0.2) is 9.84 Å². The van der Waals surface area contributed by atoms with Gasteiger partial charge in [0.2, 0.25) is 0 Å². The van der Waals surface area contributed by atoms with E-state index < -0.39 is 27.7 Å². The highest BCUT2D eigenvalue weighted by Crippen LogP contribution is 2.20. The molecule has 2 rings (SSSR count). The van der Waals surface area contributed by atoms with Gasteiger partial charge in [-0.15, -0.1) is 0 Å². The van der Waals surface area contributed by atoms with Crippen LogP contribution in [0.5, 0.6) is 0 Å². The average Bonchev–Trinajstić information content (AvgIpc) is 2.80. The van der Waals surface area contributed by atoms with Gasteiger partial charge >= 0.3 is 11.8 Å². The molecule has 1 aliphatic rings. The van der Waals surface area contributed by atoms with Crippen LogP contribution in [-0.4, -0.2) is 49.7 Å². The lowest BCUT2D eigenvalue weighted by atomic mass is 10.2. The fourth-order valence-corrected chi connectivity index (χ4v) is 4.15. The monoisotopic (exact) mass is 325 g/mol. The Bertz CT molecular complexity index is 715. The summed E-state index contributed by atoms with van der Waals surface area (Å²) >= 11 is 0. The van der Waals surface area contributed by atoms with E-state index in [2.05, 4.69) is 5.32 Å². The number of nitrogens with zero attached hydrogens (tertiary/aromatic N) is 1. The highest BCUT2D eigenvalue weighted by Gasteiger charge is 2.34. The number of rotatable bonds is 2. The summed E-state index contributed by atoms with van der Waals surface area (Å²) < 4.78 is 22.9. The molecular weight excluding hydrogens is 306 g/mol. The highest BCUT2D eigenvalue weighted by molar-refractivity contribution is 7.91. The van der Waals surface area contributed by atoms with Crippen LogP contribution in [0, 0.1) is 6.92 Å². The van der Waals surface area contributed by atoms with Gasteiger partial charge in [0.25, 0.3) is 0 Å². The summed E-state index contributed by atoms with van der Waals surface area (Å²) in [5, 5.41) is 2.46. The van der Waals surface area contributed by atoms with Crippen LogP contribution in [0.25, 0.3) is 0 Å². The quantitative estimate of drug-likeness (QED) is 0.594. The molecule has 0 spiro atoms. The fourth-order valence-electron chi connectivity index (χ4n) is 2.38. The standard InChI is InChI=1S/C14H19N3O4S/c1-9-3-4-12(11(15)7-9)16-13(18)14(19)17(2)10-5-6-22(20,21)8-10/h3-4,7,10H,5-6,8,15H2,1-2H3,(H,16,18). The molecule has 22 heavy (non-hydrogen) atoms. The maximum absolute atomic E-state index is 12.1. The van der Waals surface area contributed by atoms with E-state index in [9.17, 15) is 18.0 Å². The number of nitrogen functional groups attached to an aromatic ring is 1. The van der Waals surface area contributed by atoms with Crippen molar-refractivity contribution in [1.29, 1.82) is 0 Å². The molecule has 1 saturated heterocycles. The third kappa shape index (κ3) is 3.56. The molecule has 0 aliphatic carbocycles. The topological polar surface area (TPSA) is 110 Å². The molecule has 1 heterocycles. The largest absolute Gasteiger partial charge is 0.397 e. The number of hydrogen-bond acceptors (Lipinski definition) is 5. The lowest BCUT2D eigenvalue weighted by Gasteiger charge is -2.22. The van der Waals surface area contributed by atoms with Crippen LogP contribution in [0.4, 0.5) is 11.4 Å². The van der Waals surface area contributed by atoms with Crippen LogP contribution in [0.3, 0.4) is 0 Å². The van der Waals surface area contributed by atoms with Crippen molar-refractivity contribution in [2.75, 3.05) is 29.6 Å². The van der Waals surface area contributed by atoms with Crippen molar-refractivity contribution < 1.29 is 18.0 Å². The van der Waals surface area contributed by atoms with Gasteiger partial charge in [0.1, 0.15) is 0 Å². The number of aryl methyl sites for hydroxylation is 1. The molecule has 7 nitrogen and oxygen atoms in total. The number of anilines is 2. The van der Waals surface area contributed by atoms with E-state index >= 15 is 0 Å². The van der Waals surface area contributed by atoms with Gasteiger partial charge in [-0.3, -0.25) is 9.59 Å². The summed E-state index contributed by atoms with van der Waals surface area (Å²) in [7, 11) is -1.68. The zero-order valence-corrected chi connectivity index (χ0v) is 13.3. The van der Waals surface area contributed by atoms with Crippen LogP contribution >= 0.6 is 0 Å². The molecule has 2 amide bonds. The zero-order chi connectivity index (χ0) is 16.5. The van der Waals surface area contributed by atoms with Crippen molar-refractivity contribution in [3.05, 3.63) is 23.8 Å². The van der Waals surface area contributed by atoms with Crippen molar-refractivity contribution in [2.24, 2.45) is 0 Å². The number of carbonyl (C=O) groups is 2. The molecule has 120 valence electrons. The average molecular weight is 325 g/mol. The van der Waals surface area contributed by atoms with Crippen molar-refractivity contribution >= 4 is 33.0 Å². The molecular formula is C14H19N3O4S. The van der Waals surface area contributed by atoms with Crippen LogP contribution in [0.2, 0.25) is 0 Å². The minimum absolute atomic E-state index is 0.0435. The van der Waals surface area contributed by atoms with Crippen molar-refractivity contribution in [2.45, 2.75) is 19.4 Å². The van der Waals surface area contributed by atoms with Crippen LogP contribution < -0.4 is 11.1 Å². The van der Waals surface area contributed by atoms with Gasteiger partial charge in [-0.25, -0.2) is 8.42 Å². The number of likely N-dealkylation sites (N-methyl/N-ethyl adjacent to an activating group) is 1. The Morgan fingerprint density at radius 3 is 2.59 bits per heavy atom. The molecule has 0 aromatic heterocycles. The van der Waals surface area contributed by atoms with Gasteiger partial charge in [-0.05, 0) is 31.0 Å². The number of benzene rings is 1. The number of amides is 2. The SMILES string of the molecule is Cc1ccc(NC(=O)C(=O)N(C)C2CCS(=O)(=O)C2)c(N)c1. The number of carbonyl (C=O) groups excluding carboxylic acids is 2. The third-order valence-electron chi connectivity index (χ3n) is 3.73. The summed E-state index contributed by atoms with van der Waals surface area (Å²) in [5.74, 6) is -1.67. The lowest BCUT2D eigenvalue weighted by Crippen LogP contribution is -2.43. The molecule has 1 fully saturated rings. The Morgan fingerprint density at radius 2 is 2.05 bits per heavy atom. The molecule has 3 N–H and O–H groups in total. The summed E-state index contributed by atoms with van der Waals surface area (Å²) in [6, 6.07) is 4.62. The molecule has 0 saturated carbocycles. The summed E-state index contributed by atoms with van der Waals surface area (Å²) in [6.07, 6.45) is 0.352. The number of hydrogen-bond donors (Lipinski definition) is 2. The second-order valence-corrected chi connectivity index (χ2v) is 7.75. The van der Waals surface area contributed by atoms with Gasteiger partial charge in [-0.2, -0.15) is 0 Å². The van der Waals surface area contributed by atoms with E-state index in [1.807, 2.05) is 6.92 Å². The summed E-state index contributed by atoms with van der Waals surface area (Å²) in [4.78, 5) is 25.3. The summed E-state index contributed by atoms with van der Waals surface area (Å²) in [5.41, 5.74) is 7.45. The third-order valence-corrected chi connectivity index (χ3v) is 5.48. The maximum atomic E-state index is 12.1. The van der Waals surface area contributed by atoms with Crippen LogP contribution in [-0.2, 0) is 19.4 Å². The lowest BCUT2D eigenvalue weighted by molar-refractivity contribution is -0.143. The molecule has 1 atom stereocenters. The minimum atomic E-state index is -3.12. The van der Waals surface area contributed by atoms with Gasteiger partial charge in [0.05, 0.1) is 22.9 Å². The summed E-state index contributed by atoms with van der Waals surface area (Å²) in [6.45, 7) is 1.86. The minimum Gasteiger partial charge on any atom is -0.397 e. The van der Waals surface area contributed by atoms with E-state index in [0.29, 0.717) is 17.8 Å². The Morgan fingerprint density at radius 1 is 1.36 bits per heavy atom. The first-order chi connectivity index (χ1) is 10.2. The molecule has 8 heteroatoms. The number of nitrogens with one attached hydrogen (secondary N) is 1. The maximum Gasteiger partial charge on any atom is 0.313 e. The molecule has 1 aromatic carbocycles. The smallest absolute Gasteiger partial charge is 0.313 e.